The second-order valence-electron chi connectivity index (χ2n) is 4.63. The second kappa shape index (κ2) is 6.41. The summed E-state index contributed by atoms with van der Waals surface area (Å²) in [4.78, 5) is 0. The van der Waals surface area contributed by atoms with Crippen LogP contribution in [0.3, 0.4) is 0 Å². The Hall–Kier alpha value is -1.34. The van der Waals surface area contributed by atoms with E-state index in [1.54, 1.807) is 5.57 Å². The molecular weight excluding hydrogens is 206 g/mol. The molecule has 2 rings (SSSR count). The average Bonchev–Trinajstić information content (AvgIpc) is 2.39. The van der Waals surface area contributed by atoms with Gasteiger partial charge in [0.05, 0.1) is 0 Å². The first-order valence-electron chi connectivity index (χ1n) is 6.50. The molecular formula is C16H21N. The molecule has 1 aromatic carbocycles. The van der Waals surface area contributed by atoms with Crippen LogP contribution < -0.4 is 5.32 Å². The fourth-order valence-electron chi connectivity index (χ4n) is 2.43. The Morgan fingerprint density at radius 1 is 1.24 bits per heavy atom. The topological polar surface area (TPSA) is 12.0 Å². The van der Waals surface area contributed by atoms with E-state index in [0.29, 0.717) is 6.04 Å². The maximum Gasteiger partial charge on any atom is 0.0285 e. The molecule has 1 unspecified atom stereocenters. The molecule has 1 nitrogen and oxygen atoms in total. The van der Waals surface area contributed by atoms with Gasteiger partial charge in [-0.3, -0.25) is 0 Å². The lowest BCUT2D eigenvalue weighted by Crippen LogP contribution is -2.33. The van der Waals surface area contributed by atoms with Crippen molar-refractivity contribution in [1.29, 1.82) is 0 Å². The molecule has 1 aliphatic rings. The van der Waals surface area contributed by atoms with E-state index in [2.05, 4.69) is 48.3 Å². The van der Waals surface area contributed by atoms with Crippen LogP contribution in [0.2, 0.25) is 0 Å². The van der Waals surface area contributed by atoms with Gasteiger partial charge in [0.25, 0.3) is 0 Å². The molecule has 0 heterocycles. The van der Waals surface area contributed by atoms with E-state index < -0.39 is 0 Å². The highest BCUT2D eigenvalue weighted by atomic mass is 14.9. The third-order valence-corrected chi connectivity index (χ3v) is 3.32. The highest BCUT2D eigenvalue weighted by Crippen LogP contribution is 2.25. The van der Waals surface area contributed by atoms with Crippen LogP contribution in [0.25, 0.3) is 6.08 Å². The molecule has 0 aromatic heterocycles. The zero-order valence-corrected chi connectivity index (χ0v) is 10.4. The van der Waals surface area contributed by atoms with Crippen LogP contribution in [0.4, 0.5) is 0 Å². The molecule has 0 saturated heterocycles. The van der Waals surface area contributed by atoms with Crippen LogP contribution in [0.15, 0.2) is 48.6 Å². The Kier molecular flexibility index (Phi) is 4.57. The van der Waals surface area contributed by atoms with Gasteiger partial charge in [-0.1, -0.05) is 54.5 Å². The summed E-state index contributed by atoms with van der Waals surface area (Å²) in [5, 5.41) is 3.56. The summed E-state index contributed by atoms with van der Waals surface area (Å²) in [6, 6.07) is 11.2. The number of benzene rings is 1. The molecule has 1 heteroatoms. The molecule has 0 spiro atoms. The van der Waals surface area contributed by atoms with Gasteiger partial charge in [0.1, 0.15) is 0 Å². The SMILES string of the molecule is C=CCNC1CCCCC1=Cc1ccccc1. The summed E-state index contributed by atoms with van der Waals surface area (Å²) in [6.45, 7) is 4.67. The summed E-state index contributed by atoms with van der Waals surface area (Å²) in [6.07, 6.45) is 9.43. The molecule has 90 valence electrons. The maximum atomic E-state index is 3.77. The first kappa shape index (κ1) is 12.1. The van der Waals surface area contributed by atoms with Crippen molar-refractivity contribution in [3.63, 3.8) is 0 Å². The minimum atomic E-state index is 0.543. The van der Waals surface area contributed by atoms with E-state index in [9.17, 15) is 0 Å². The third kappa shape index (κ3) is 3.57. The van der Waals surface area contributed by atoms with Gasteiger partial charge in [-0.2, -0.15) is 0 Å². The van der Waals surface area contributed by atoms with Crippen LogP contribution >= 0.6 is 0 Å². The van der Waals surface area contributed by atoms with E-state index in [4.69, 9.17) is 0 Å². The van der Waals surface area contributed by atoms with Gasteiger partial charge in [0, 0.05) is 12.6 Å². The first-order chi connectivity index (χ1) is 8.40. The highest BCUT2D eigenvalue weighted by molar-refractivity contribution is 5.54. The minimum Gasteiger partial charge on any atom is -0.307 e. The van der Waals surface area contributed by atoms with E-state index >= 15 is 0 Å². The fraction of sp³-hybridized carbons (Fsp3) is 0.375. The Labute approximate surface area is 104 Å². The Morgan fingerprint density at radius 3 is 2.82 bits per heavy atom. The van der Waals surface area contributed by atoms with Gasteiger partial charge in [0.2, 0.25) is 0 Å². The molecule has 1 aliphatic carbocycles. The second-order valence-corrected chi connectivity index (χ2v) is 4.63. The van der Waals surface area contributed by atoms with Crippen LogP contribution in [0.5, 0.6) is 0 Å². The molecule has 0 radical (unpaired) electrons. The van der Waals surface area contributed by atoms with Crippen molar-refractivity contribution in [3.05, 3.63) is 54.1 Å². The molecule has 1 saturated carbocycles. The summed E-state index contributed by atoms with van der Waals surface area (Å²) >= 11 is 0. The van der Waals surface area contributed by atoms with Gasteiger partial charge in [0.15, 0.2) is 0 Å². The van der Waals surface area contributed by atoms with Crippen LogP contribution in [-0.4, -0.2) is 12.6 Å². The Balaban J connectivity index is 2.10. The van der Waals surface area contributed by atoms with Crippen molar-refractivity contribution in [3.8, 4) is 0 Å². The van der Waals surface area contributed by atoms with Crippen LogP contribution in [-0.2, 0) is 0 Å². The van der Waals surface area contributed by atoms with E-state index in [-0.39, 0.29) is 0 Å². The van der Waals surface area contributed by atoms with E-state index in [0.717, 1.165) is 6.54 Å². The molecule has 1 N–H and O–H groups in total. The largest absolute Gasteiger partial charge is 0.307 e. The van der Waals surface area contributed by atoms with E-state index in [1.807, 2.05) is 6.08 Å². The number of hydrogen-bond donors (Lipinski definition) is 1. The lowest BCUT2D eigenvalue weighted by molar-refractivity contribution is 0.473. The molecule has 0 bridgehead atoms. The molecule has 1 atom stereocenters. The van der Waals surface area contributed by atoms with Crippen molar-refractivity contribution >= 4 is 6.08 Å². The molecule has 1 aromatic rings. The van der Waals surface area contributed by atoms with Crippen molar-refractivity contribution in [2.75, 3.05) is 6.54 Å². The van der Waals surface area contributed by atoms with Gasteiger partial charge < -0.3 is 5.32 Å². The van der Waals surface area contributed by atoms with Gasteiger partial charge in [-0.05, 0) is 24.8 Å². The fourth-order valence-corrected chi connectivity index (χ4v) is 2.43. The normalized spacial score (nSPS) is 22.6. The van der Waals surface area contributed by atoms with Crippen molar-refractivity contribution in [1.82, 2.24) is 5.32 Å². The first-order valence-corrected chi connectivity index (χ1v) is 6.50. The lowest BCUT2D eigenvalue weighted by atomic mass is 9.88. The third-order valence-electron chi connectivity index (χ3n) is 3.32. The summed E-state index contributed by atoms with van der Waals surface area (Å²) in [5.74, 6) is 0. The standard InChI is InChI=1S/C16H21N/c1-2-12-17-16-11-7-6-10-15(16)13-14-8-4-3-5-9-14/h2-5,8-9,13,16-17H,1,6-7,10-12H2. The predicted molar refractivity (Wildman–Crippen MR) is 74.9 cm³/mol. The smallest absolute Gasteiger partial charge is 0.0285 e. The maximum absolute atomic E-state index is 3.77. The summed E-state index contributed by atoms with van der Waals surface area (Å²) in [5.41, 5.74) is 2.86. The van der Waals surface area contributed by atoms with E-state index in [1.165, 1.54) is 31.2 Å². The quantitative estimate of drug-likeness (QED) is 0.772. The monoisotopic (exact) mass is 227 g/mol. The number of rotatable bonds is 4. The predicted octanol–water partition coefficient (Wildman–Crippen LogP) is 3.79. The van der Waals surface area contributed by atoms with Crippen LogP contribution in [0, 0.1) is 0 Å². The minimum absolute atomic E-state index is 0.543. The Morgan fingerprint density at radius 2 is 2.06 bits per heavy atom. The molecule has 0 aliphatic heterocycles. The highest BCUT2D eigenvalue weighted by Gasteiger charge is 2.17. The molecule has 0 amide bonds. The van der Waals surface area contributed by atoms with Crippen LogP contribution in [0.1, 0.15) is 31.2 Å². The van der Waals surface area contributed by atoms with Crippen molar-refractivity contribution in [2.45, 2.75) is 31.7 Å². The summed E-state index contributed by atoms with van der Waals surface area (Å²) < 4.78 is 0. The zero-order valence-electron chi connectivity index (χ0n) is 10.4. The lowest BCUT2D eigenvalue weighted by Gasteiger charge is -2.26. The number of nitrogens with one attached hydrogen (secondary N) is 1. The molecule has 1 fully saturated rings. The van der Waals surface area contributed by atoms with Gasteiger partial charge in [-0.15, -0.1) is 6.58 Å². The number of hydrogen-bond acceptors (Lipinski definition) is 1. The van der Waals surface area contributed by atoms with Gasteiger partial charge in [-0.25, -0.2) is 0 Å². The molecule has 17 heavy (non-hydrogen) atoms. The zero-order chi connectivity index (χ0) is 11.9. The van der Waals surface area contributed by atoms with Crippen molar-refractivity contribution < 1.29 is 0 Å². The summed E-state index contributed by atoms with van der Waals surface area (Å²) in [7, 11) is 0. The van der Waals surface area contributed by atoms with Gasteiger partial charge >= 0.3 is 0 Å². The van der Waals surface area contributed by atoms with Crippen molar-refractivity contribution in [2.24, 2.45) is 0 Å². The average molecular weight is 227 g/mol. The Bertz CT molecular complexity index is 378.